The van der Waals surface area contributed by atoms with E-state index in [2.05, 4.69) is 180 Å². The maximum Gasteiger partial charge on any atom is 0.0670 e. The van der Waals surface area contributed by atoms with Crippen LogP contribution in [0.3, 0.4) is 0 Å². The molecule has 1 atom stereocenters. The maximum atomic E-state index is 5.36. The first-order valence-electron chi connectivity index (χ1n) is 19.9. The number of para-hydroxylation sites is 2. The van der Waals surface area contributed by atoms with Gasteiger partial charge in [-0.1, -0.05) is 184 Å². The quantitative estimate of drug-likeness (QED) is 0.0902. The van der Waals surface area contributed by atoms with Crippen LogP contribution in [0.4, 0.5) is 17.1 Å². The van der Waals surface area contributed by atoms with Gasteiger partial charge in [0, 0.05) is 16.9 Å². The summed E-state index contributed by atoms with van der Waals surface area (Å²) in [7, 11) is 1.65. The minimum absolute atomic E-state index is 0.376. The van der Waals surface area contributed by atoms with Gasteiger partial charge in [-0.05, 0) is 102 Å². The molecule has 0 saturated carbocycles. The number of nitrogens with one attached hydrogen (secondary N) is 1. The van der Waals surface area contributed by atoms with Crippen molar-refractivity contribution in [2.45, 2.75) is 38.5 Å². The van der Waals surface area contributed by atoms with Gasteiger partial charge in [-0.25, -0.2) is 0 Å². The van der Waals surface area contributed by atoms with Gasteiger partial charge in [0.2, 0.25) is 0 Å². The van der Waals surface area contributed by atoms with E-state index in [0.29, 0.717) is 0 Å². The summed E-state index contributed by atoms with van der Waals surface area (Å²) in [5.74, 6) is 4.60. The van der Waals surface area contributed by atoms with Crippen LogP contribution in [0.25, 0.3) is 11.3 Å². The van der Waals surface area contributed by atoms with Crippen LogP contribution in [0.2, 0.25) is 0 Å². The van der Waals surface area contributed by atoms with Crippen molar-refractivity contribution in [3.8, 4) is 0 Å². The topological polar surface area (TPSA) is 67.3 Å². The lowest BCUT2D eigenvalue weighted by atomic mass is 9.65. The maximum absolute atomic E-state index is 5.36. The summed E-state index contributed by atoms with van der Waals surface area (Å²) in [5, 5.41) is 0. The van der Waals surface area contributed by atoms with Crippen molar-refractivity contribution in [3.63, 3.8) is 0 Å². The van der Waals surface area contributed by atoms with Crippen LogP contribution in [-0.2, 0) is 11.8 Å². The smallest absolute Gasteiger partial charge is 0.0670 e. The van der Waals surface area contributed by atoms with Gasteiger partial charge in [0.05, 0.1) is 16.8 Å². The molecule has 57 heavy (non-hydrogen) atoms. The fraction of sp³-hybridized carbons (Fsp3) is 0.132. The number of fused-ring (bicyclic) bond motifs is 2. The van der Waals surface area contributed by atoms with Crippen LogP contribution in [-0.4, -0.2) is 7.05 Å². The number of allylic oxidation sites excluding steroid dienone is 8. The second-order valence-corrected chi connectivity index (χ2v) is 13.8. The highest BCUT2D eigenvalue weighted by atomic mass is 15.2. The molecule has 1 unspecified atom stereocenters. The summed E-state index contributed by atoms with van der Waals surface area (Å²) >= 11 is 0. The van der Waals surface area contributed by atoms with Gasteiger partial charge in [-0.2, -0.15) is 0 Å². The summed E-state index contributed by atoms with van der Waals surface area (Å²) < 4.78 is 0. The zero-order chi connectivity index (χ0) is 40.0. The van der Waals surface area contributed by atoms with Crippen LogP contribution in [0.1, 0.15) is 60.1 Å². The monoisotopic (exact) mass is 746 g/mol. The molecule has 1 heterocycles. The zero-order valence-corrected chi connectivity index (χ0v) is 33.4. The molecule has 6 aromatic carbocycles. The van der Waals surface area contributed by atoms with E-state index in [4.69, 9.17) is 12.3 Å². The van der Waals surface area contributed by atoms with E-state index in [1.807, 2.05) is 44.2 Å². The number of nitrogens with zero attached hydrogens (tertiary/aromatic N) is 1. The molecule has 6 aromatic rings. The third kappa shape index (κ3) is 8.53. The van der Waals surface area contributed by atoms with Gasteiger partial charge >= 0.3 is 0 Å². The molecule has 0 aromatic heterocycles. The molecular weight excluding hydrogens is 693 g/mol. The van der Waals surface area contributed by atoms with E-state index >= 15 is 0 Å². The molecule has 4 heteroatoms. The highest BCUT2D eigenvalue weighted by Gasteiger charge is 2.48. The minimum atomic E-state index is -0.376. The number of anilines is 3. The predicted molar refractivity (Wildman–Crippen MR) is 245 cm³/mol. The average Bonchev–Trinajstić information content (AvgIpc) is 3.52. The lowest BCUT2D eigenvalue weighted by Crippen LogP contribution is -2.30. The highest BCUT2D eigenvalue weighted by Crippen LogP contribution is 2.58. The Bertz CT molecular complexity index is 2350. The number of rotatable bonds is 6. The van der Waals surface area contributed by atoms with Crippen LogP contribution < -0.4 is 21.9 Å². The summed E-state index contributed by atoms with van der Waals surface area (Å²) in [4.78, 5) is 2.38. The summed E-state index contributed by atoms with van der Waals surface area (Å²) in [5.41, 5.74) is 23.2. The summed E-state index contributed by atoms with van der Waals surface area (Å²) in [6.45, 7) is 8.87. The molecule has 1 aliphatic heterocycles. The Kier molecular flexibility index (Phi) is 13.7. The number of hydrogen-bond acceptors (Lipinski definition) is 4. The van der Waals surface area contributed by atoms with Crippen molar-refractivity contribution < 1.29 is 0 Å². The van der Waals surface area contributed by atoms with Gasteiger partial charge in [-0.3, -0.25) is 11.3 Å². The van der Waals surface area contributed by atoms with Gasteiger partial charge < -0.3 is 10.6 Å². The largest absolute Gasteiger partial charge is 0.399 e. The van der Waals surface area contributed by atoms with Gasteiger partial charge in [0.15, 0.2) is 0 Å². The number of hydrazine groups is 1. The first kappa shape index (κ1) is 40.2. The lowest BCUT2D eigenvalue weighted by Gasteiger charge is -2.39. The molecule has 9 rings (SSSR count). The summed E-state index contributed by atoms with van der Waals surface area (Å²) in [6.07, 6.45) is 14.4. The van der Waals surface area contributed by atoms with Crippen LogP contribution >= 0.6 is 0 Å². The SMILES string of the molecule is C=C1/C(=C\C=C2\c3ccccc3N2c2ccc(Cc3ccccc3)cc2)c2ccccc2C1(C1=CC=CCC1)c1ccccc1.CC.CNN.Nc1ccccc1. The number of nitrogen functional groups attached to an aromatic ring is 1. The Labute approximate surface area is 339 Å². The molecule has 0 amide bonds. The van der Waals surface area contributed by atoms with Crippen LogP contribution in [0.15, 0.2) is 212 Å². The van der Waals surface area contributed by atoms with Crippen molar-refractivity contribution >= 4 is 28.3 Å². The third-order valence-corrected chi connectivity index (χ3v) is 10.4. The van der Waals surface area contributed by atoms with Crippen molar-refractivity contribution in [2.24, 2.45) is 5.84 Å². The molecule has 4 nitrogen and oxygen atoms in total. The first-order valence-corrected chi connectivity index (χ1v) is 19.9. The zero-order valence-electron chi connectivity index (χ0n) is 33.4. The van der Waals surface area contributed by atoms with Gasteiger partial charge in [0.25, 0.3) is 0 Å². The predicted octanol–water partition coefficient (Wildman–Crippen LogP) is 12.4. The molecule has 3 aliphatic rings. The van der Waals surface area contributed by atoms with E-state index in [1.54, 1.807) is 7.05 Å². The normalized spacial score (nSPS) is 17.4. The van der Waals surface area contributed by atoms with Crippen molar-refractivity contribution in [1.29, 1.82) is 0 Å². The molecule has 0 spiro atoms. The lowest BCUT2D eigenvalue weighted by molar-refractivity contribution is 0.695. The molecule has 0 fully saturated rings. The second-order valence-electron chi connectivity index (χ2n) is 13.8. The fourth-order valence-corrected chi connectivity index (χ4v) is 7.98. The van der Waals surface area contributed by atoms with Crippen molar-refractivity contribution in [1.82, 2.24) is 5.43 Å². The van der Waals surface area contributed by atoms with E-state index in [0.717, 1.165) is 30.5 Å². The molecule has 0 saturated heterocycles. The Morgan fingerprint density at radius 1 is 0.684 bits per heavy atom. The third-order valence-electron chi connectivity index (χ3n) is 10.4. The fourth-order valence-electron chi connectivity index (χ4n) is 7.98. The number of nitrogens with two attached hydrogens (primary N) is 2. The molecular formula is C53H54N4. The second kappa shape index (κ2) is 19.4. The average molecular weight is 747 g/mol. The molecule has 5 N–H and O–H groups in total. The van der Waals surface area contributed by atoms with E-state index in [1.165, 1.54) is 61.6 Å². The Morgan fingerprint density at radius 3 is 1.86 bits per heavy atom. The van der Waals surface area contributed by atoms with Gasteiger partial charge in [0.1, 0.15) is 0 Å². The highest BCUT2D eigenvalue weighted by molar-refractivity contribution is 6.04. The Hall–Kier alpha value is -6.46. The molecule has 2 aliphatic carbocycles. The Balaban J connectivity index is 0.000000401. The van der Waals surface area contributed by atoms with E-state index < -0.39 is 0 Å². The van der Waals surface area contributed by atoms with Crippen molar-refractivity contribution in [3.05, 3.63) is 245 Å². The first-order chi connectivity index (χ1) is 28.1. The van der Waals surface area contributed by atoms with Gasteiger partial charge in [-0.15, -0.1) is 0 Å². The standard InChI is InChI=1S/C44H35N.C6H7N.C2H6.CH6N2/c1-32-38(39-21-11-13-23-41(39)44(32,35-17-7-3-8-18-35)36-19-9-4-10-20-36)29-30-43-40-22-12-14-24-42(40)45(43)37-27-25-34(26-28-37)31-33-15-5-2-6-16-33;7-6-4-2-1-3-5-6;1-2;1-3-2/h2-9,11-19,21-30H,1,10,20,31H2;1-5H,7H2;1-2H3;3H,2H2,1H3/b38-29+,43-30-;;;. The van der Waals surface area contributed by atoms with Crippen molar-refractivity contribution in [2.75, 3.05) is 17.7 Å². The van der Waals surface area contributed by atoms with E-state index in [-0.39, 0.29) is 5.41 Å². The molecule has 0 bridgehead atoms. The van der Waals surface area contributed by atoms with E-state index in [9.17, 15) is 0 Å². The Morgan fingerprint density at radius 2 is 1.25 bits per heavy atom. The van der Waals surface area contributed by atoms with Crippen LogP contribution in [0, 0.1) is 0 Å². The minimum Gasteiger partial charge on any atom is -0.399 e. The number of benzene rings is 6. The molecule has 0 radical (unpaired) electrons. The summed E-state index contributed by atoms with van der Waals surface area (Å²) in [6, 6.07) is 57.8. The molecule has 286 valence electrons. The van der Waals surface area contributed by atoms with Crippen LogP contribution in [0.5, 0.6) is 0 Å². The number of hydrogen-bond donors (Lipinski definition) is 3.